The number of hydrogen-bond acceptors (Lipinski definition) is 3. The van der Waals surface area contributed by atoms with Crippen LogP contribution in [0.4, 0.5) is 18.9 Å². The first kappa shape index (κ1) is 16.0. The number of anilines is 1. The molecule has 0 radical (unpaired) electrons. The van der Waals surface area contributed by atoms with Gasteiger partial charge < -0.3 is 5.32 Å². The summed E-state index contributed by atoms with van der Waals surface area (Å²) < 4.78 is 41.9. The Hall–Kier alpha value is -2.54. The Morgan fingerprint density at radius 1 is 1.20 bits per heavy atom. The van der Waals surface area contributed by atoms with Crippen LogP contribution in [0.2, 0.25) is 5.02 Å². The SMILES string of the molecule is O=c1[nH]nc2c3c(cc(F)cc13)NC(CF)C2c1ccc(Cl)cc1F. The van der Waals surface area contributed by atoms with Gasteiger partial charge in [-0.2, -0.15) is 5.10 Å². The maximum Gasteiger partial charge on any atom is 0.272 e. The molecule has 2 N–H and O–H groups in total. The van der Waals surface area contributed by atoms with E-state index in [-0.39, 0.29) is 27.4 Å². The average molecular weight is 366 g/mol. The lowest BCUT2D eigenvalue weighted by Crippen LogP contribution is -2.36. The Morgan fingerprint density at radius 3 is 2.72 bits per heavy atom. The van der Waals surface area contributed by atoms with E-state index in [0.29, 0.717) is 5.39 Å². The van der Waals surface area contributed by atoms with Gasteiger partial charge in [0.05, 0.1) is 23.0 Å². The summed E-state index contributed by atoms with van der Waals surface area (Å²) in [6.45, 7) is -0.842. The van der Waals surface area contributed by atoms with Crippen molar-refractivity contribution in [1.82, 2.24) is 10.2 Å². The lowest BCUT2D eigenvalue weighted by Gasteiger charge is -2.32. The van der Waals surface area contributed by atoms with Crippen molar-refractivity contribution in [2.24, 2.45) is 0 Å². The Labute approximate surface area is 144 Å². The van der Waals surface area contributed by atoms with Crippen molar-refractivity contribution in [1.29, 1.82) is 0 Å². The molecule has 2 aromatic carbocycles. The van der Waals surface area contributed by atoms with E-state index in [4.69, 9.17) is 11.6 Å². The third-order valence-electron chi connectivity index (χ3n) is 4.38. The number of nitrogens with zero attached hydrogens (tertiary/aromatic N) is 1. The molecule has 1 aromatic heterocycles. The second-order valence-corrected chi connectivity index (χ2v) is 6.30. The molecule has 0 amide bonds. The molecule has 0 spiro atoms. The molecule has 2 atom stereocenters. The molecule has 25 heavy (non-hydrogen) atoms. The van der Waals surface area contributed by atoms with Crippen LogP contribution in [0, 0.1) is 11.6 Å². The van der Waals surface area contributed by atoms with Gasteiger partial charge in [0, 0.05) is 16.1 Å². The molecule has 4 nitrogen and oxygen atoms in total. The fourth-order valence-corrected chi connectivity index (χ4v) is 3.51. The number of aromatic nitrogens is 2. The molecular weight excluding hydrogens is 355 g/mol. The molecule has 0 saturated heterocycles. The van der Waals surface area contributed by atoms with Gasteiger partial charge in [0.1, 0.15) is 18.3 Å². The number of hydrogen-bond donors (Lipinski definition) is 2. The summed E-state index contributed by atoms with van der Waals surface area (Å²) in [6.07, 6.45) is 0. The maximum atomic E-state index is 14.5. The van der Waals surface area contributed by atoms with E-state index in [1.165, 1.54) is 18.2 Å². The van der Waals surface area contributed by atoms with Gasteiger partial charge in [0.2, 0.25) is 0 Å². The summed E-state index contributed by atoms with van der Waals surface area (Å²) in [6, 6.07) is 5.47. The number of halogens is 4. The maximum absolute atomic E-state index is 14.5. The van der Waals surface area contributed by atoms with Crippen LogP contribution >= 0.6 is 11.6 Å². The highest BCUT2D eigenvalue weighted by molar-refractivity contribution is 6.30. The molecule has 128 valence electrons. The van der Waals surface area contributed by atoms with Crippen LogP contribution in [0.3, 0.4) is 0 Å². The molecule has 2 unspecified atom stereocenters. The van der Waals surface area contributed by atoms with Crippen molar-refractivity contribution in [2.75, 3.05) is 12.0 Å². The molecule has 0 saturated carbocycles. The van der Waals surface area contributed by atoms with Gasteiger partial charge in [-0.1, -0.05) is 17.7 Å². The average Bonchev–Trinajstić information content (AvgIpc) is 2.57. The molecule has 3 aromatic rings. The highest BCUT2D eigenvalue weighted by Gasteiger charge is 2.35. The summed E-state index contributed by atoms with van der Waals surface area (Å²) in [7, 11) is 0. The summed E-state index contributed by atoms with van der Waals surface area (Å²) in [5.41, 5.74) is 0.162. The van der Waals surface area contributed by atoms with Crippen molar-refractivity contribution in [3.8, 4) is 0 Å². The van der Waals surface area contributed by atoms with E-state index in [1.807, 2.05) is 0 Å². The van der Waals surface area contributed by atoms with Gasteiger partial charge in [-0.25, -0.2) is 18.3 Å². The summed E-state index contributed by atoms with van der Waals surface area (Å²) in [5.74, 6) is -2.05. The topological polar surface area (TPSA) is 57.8 Å². The molecule has 1 aliphatic rings. The van der Waals surface area contributed by atoms with Crippen LogP contribution in [-0.2, 0) is 0 Å². The van der Waals surface area contributed by atoms with Gasteiger partial charge in [-0.3, -0.25) is 4.79 Å². The first-order chi connectivity index (χ1) is 12.0. The molecular formula is C17H11ClF3N3O. The Morgan fingerprint density at radius 2 is 2.00 bits per heavy atom. The fourth-order valence-electron chi connectivity index (χ4n) is 3.35. The Kier molecular flexibility index (Phi) is 3.68. The Balaban J connectivity index is 2.05. The number of alkyl halides is 1. The highest BCUT2D eigenvalue weighted by Crippen LogP contribution is 2.41. The fraction of sp³-hybridized carbons (Fsp3) is 0.176. The molecule has 0 aliphatic carbocycles. The van der Waals surface area contributed by atoms with Crippen molar-refractivity contribution in [3.05, 3.63) is 68.6 Å². The summed E-state index contributed by atoms with van der Waals surface area (Å²) in [5, 5.41) is 9.81. The largest absolute Gasteiger partial charge is 0.378 e. The number of nitrogens with one attached hydrogen (secondary N) is 2. The van der Waals surface area contributed by atoms with Crippen molar-refractivity contribution in [3.63, 3.8) is 0 Å². The van der Waals surface area contributed by atoms with Crippen molar-refractivity contribution >= 4 is 28.1 Å². The summed E-state index contributed by atoms with van der Waals surface area (Å²) >= 11 is 5.79. The zero-order valence-electron chi connectivity index (χ0n) is 12.6. The minimum absolute atomic E-state index is 0.0733. The molecule has 8 heteroatoms. The van der Waals surface area contributed by atoms with Gasteiger partial charge in [0.15, 0.2) is 0 Å². The van der Waals surface area contributed by atoms with Crippen LogP contribution in [0.1, 0.15) is 17.2 Å². The zero-order chi connectivity index (χ0) is 17.7. The second-order valence-electron chi connectivity index (χ2n) is 5.86. The smallest absolute Gasteiger partial charge is 0.272 e. The zero-order valence-corrected chi connectivity index (χ0v) is 13.4. The number of aromatic amines is 1. The molecule has 0 bridgehead atoms. The normalized spacial score (nSPS) is 19.0. The number of benzene rings is 2. The van der Waals surface area contributed by atoms with Gasteiger partial charge in [-0.15, -0.1) is 0 Å². The van der Waals surface area contributed by atoms with Crippen molar-refractivity contribution in [2.45, 2.75) is 12.0 Å². The van der Waals surface area contributed by atoms with E-state index in [2.05, 4.69) is 15.5 Å². The third kappa shape index (κ3) is 2.46. The van der Waals surface area contributed by atoms with E-state index in [0.717, 1.165) is 12.1 Å². The van der Waals surface area contributed by atoms with E-state index in [1.54, 1.807) is 0 Å². The number of rotatable bonds is 2. The van der Waals surface area contributed by atoms with Crippen LogP contribution < -0.4 is 10.9 Å². The second kappa shape index (κ2) is 5.77. The highest BCUT2D eigenvalue weighted by atomic mass is 35.5. The number of H-pyrrole nitrogens is 1. The third-order valence-corrected chi connectivity index (χ3v) is 4.62. The van der Waals surface area contributed by atoms with Gasteiger partial charge in [-0.05, 0) is 29.8 Å². The Bertz CT molecular complexity index is 1050. The van der Waals surface area contributed by atoms with E-state index in [9.17, 15) is 18.0 Å². The molecule has 4 rings (SSSR count). The van der Waals surface area contributed by atoms with Gasteiger partial charge in [0.25, 0.3) is 5.56 Å². The van der Waals surface area contributed by atoms with Crippen LogP contribution in [0.15, 0.2) is 35.1 Å². The first-order valence-electron chi connectivity index (χ1n) is 7.49. The summed E-state index contributed by atoms with van der Waals surface area (Å²) in [4.78, 5) is 12.0. The minimum atomic E-state index is -0.869. The standard InChI is InChI=1S/C17H11ClF3N3O/c18-7-1-2-9(11(21)3-7)14-13(6-19)22-12-5-8(20)4-10-15(12)16(14)23-24-17(10)25/h1-5,13-14,22H,6H2,(H,24,25). The van der Waals surface area contributed by atoms with Crippen LogP contribution in [-0.4, -0.2) is 22.9 Å². The first-order valence-corrected chi connectivity index (χ1v) is 7.86. The van der Waals surface area contributed by atoms with Crippen molar-refractivity contribution < 1.29 is 13.2 Å². The minimum Gasteiger partial charge on any atom is -0.378 e. The monoisotopic (exact) mass is 365 g/mol. The lowest BCUT2D eigenvalue weighted by atomic mass is 9.83. The predicted molar refractivity (Wildman–Crippen MR) is 89.0 cm³/mol. The quantitative estimate of drug-likeness (QED) is 0.727. The lowest BCUT2D eigenvalue weighted by molar-refractivity contribution is 0.412. The molecule has 0 fully saturated rings. The van der Waals surface area contributed by atoms with E-state index >= 15 is 0 Å². The molecule has 2 heterocycles. The van der Waals surface area contributed by atoms with Crippen LogP contribution in [0.5, 0.6) is 0 Å². The van der Waals surface area contributed by atoms with Gasteiger partial charge >= 0.3 is 0 Å². The predicted octanol–water partition coefficient (Wildman–Crippen LogP) is 3.75. The molecule has 1 aliphatic heterocycles. The van der Waals surface area contributed by atoms with Crippen LogP contribution in [0.25, 0.3) is 10.8 Å². The van der Waals surface area contributed by atoms with E-state index < -0.39 is 35.8 Å².